The Morgan fingerprint density at radius 3 is 2.82 bits per heavy atom. The molecule has 0 saturated carbocycles. The molecular weight excluding hydrogens is 228 g/mol. The summed E-state index contributed by atoms with van der Waals surface area (Å²) in [6.07, 6.45) is 4.99. The normalized spacial score (nSPS) is 20.1. The van der Waals surface area contributed by atoms with Gasteiger partial charge in [-0.05, 0) is 37.5 Å². The van der Waals surface area contributed by atoms with Crippen LogP contribution in [0.25, 0.3) is 0 Å². The molecule has 17 heavy (non-hydrogen) atoms. The maximum absolute atomic E-state index is 4.69. The van der Waals surface area contributed by atoms with Gasteiger partial charge in [-0.3, -0.25) is 0 Å². The number of anilines is 1. The second-order valence-electron chi connectivity index (χ2n) is 5.70. The van der Waals surface area contributed by atoms with Crippen molar-refractivity contribution in [1.29, 1.82) is 0 Å². The predicted octanol–water partition coefficient (Wildman–Crippen LogP) is 4.12. The molecule has 1 N–H and O–H groups in total. The average Bonchev–Trinajstić information content (AvgIpc) is 2.70. The fraction of sp³-hybridized carbons (Fsp3) is 0.786. The van der Waals surface area contributed by atoms with E-state index in [9.17, 15) is 0 Å². The van der Waals surface area contributed by atoms with Gasteiger partial charge in [0.15, 0.2) is 5.13 Å². The third-order valence-corrected chi connectivity index (χ3v) is 5.36. The van der Waals surface area contributed by atoms with Crippen LogP contribution in [0.1, 0.15) is 51.1 Å². The van der Waals surface area contributed by atoms with Crippen molar-refractivity contribution < 1.29 is 0 Å². The lowest BCUT2D eigenvalue weighted by molar-refractivity contribution is 0.183. The van der Waals surface area contributed by atoms with Crippen LogP contribution in [0.4, 0.5) is 5.13 Å². The summed E-state index contributed by atoms with van der Waals surface area (Å²) in [4.78, 5) is 6.22. The zero-order valence-corrected chi connectivity index (χ0v) is 12.3. The maximum Gasteiger partial charge on any atom is 0.183 e. The van der Waals surface area contributed by atoms with E-state index in [4.69, 9.17) is 4.98 Å². The lowest BCUT2D eigenvalue weighted by Crippen LogP contribution is -2.28. The molecule has 2 rings (SSSR count). The smallest absolute Gasteiger partial charge is 0.183 e. The molecule has 2 nitrogen and oxygen atoms in total. The second kappa shape index (κ2) is 4.97. The number of thiazole rings is 1. The summed E-state index contributed by atoms with van der Waals surface area (Å²) in [5.74, 6) is 0.829. The first-order valence-corrected chi connectivity index (χ1v) is 7.61. The van der Waals surface area contributed by atoms with Crippen molar-refractivity contribution in [3.63, 3.8) is 0 Å². The van der Waals surface area contributed by atoms with Gasteiger partial charge in [-0.25, -0.2) is 4.98 Å². The number of nitrogens with zero attached hydrogens (tertiary/aromatic N) is 1. The monoisotopic (exact) mass is 252 g/mol. The van der Waals surface area contributed by atoms with Crippen molar-refractivity contribution >= 4 is 16.5 Å². The van der Waals surface area contributed by atoms with Gasteiger partial charge < -0.3 is 5.32 Å². The molecule has 0 aliphatic heterocycles. The van der Waals surface area contributed by atoms with Crippen LogP contribution < -0.4 is 5.32 Å². The Bertz CT molecular complexity index is 382. The van der Waals surface area contributed by atoms with Crippen LogP contribution in [0.5, 0.6) is 0 Å². The molecule has 1 aliphatic carbocycles. The Morgan fingerprint density at radius 2 is 2.18 bits per heavy atom. The number of hydrogen-bond donors (Lipinski definition) is 1. The van der Waals surface area contributed by atoms with Gasteiger partial charge in [0.05, 0.1) is 5.69 Å². The molecule has 0 saturated heterocycles. The van der Waals surface area contributed by atoms with E-state index in [-0.39, 0.29) is 0 Å². The second-order valence-corrected chi connectivity index (χ2v) is 6.78. The third-order valence-electron chi connectivity index (χ3n) is 4.28. The minimum atomic E-state index is 0.472. The number of aromatic nitrogens is 1. The molecule has 0 spiro atoms. The topological polar surface area (TPSA) is 24.9 Å². The number of nitrogens with one attached hydrogen (secondary N) is 1. The highest BCUT2D eigenvalue weighted by atomic mass is 32.1. The molecule has 96 valence electrons. The highest BCUT2D eigenvalue weighted by molar-refractivity contribution is 7.15. The molecule has 0 radical (unpaired) electrons. The standard InChI is InChI=1S/C14H24N2S/c1-5-14(3,4)10-7-8-11-12(9-10)17-13(16-11)15-6-2/h10H,5-9H2,1-4H3,(H,15,16). The zero-order valence-electron chi connectivity index (χ0n) is 11.5. The summed E-state index contributed by atoms with van der Waals surface area (Å²) in [6.45, 7) is 10.2. The van der Waals surface area contributed by atoms with Crippen LogP contribution in [0, 0.1) is 11.3 Å². The van der Waals surface area contributed by atoms with Gasteiger partial charge in [0.1, 0.15) is 0 Å². The maximum atomic E-state index is 4.69. The summed E-state index contributed by atoms with van der Waals surface area (Å²) < 4.78 is 0. The Morgan fingerprint density at radius 1 is 1.41 bits per heavy atom. The van der Waals surface area contributed by atoms with Gasteiger partial charge >= 0.3 is 0 Å². The highest BCUT2D eigenvalue weighted by Crippen LogP contribution is 2.41. The third kappa shape index (κ3) is 2.65. The Kier molecular flexibility index (Phi) is 3.76. The van der Waals surface area contributed by atoms with E-state index in [2.05, 4.69) is 33.0 Å². The fourth-order valence-electron chi connectivity index (χ4n) is 2.56. The van der Waals surface area contributed by atoms with Crippen LogP contribution in [0.2, 0.25) is 0 Å². The van der Waals surface area contributed by atoms with Crippen molar-refractivity contribution in [2.24, 2.45) is 11.3 Å². The van der Waals surface area contributed by atoms with Crippen LogP contribution in [-0.2, 0) is 12.8 Å². The predicted molar refractivity (Wildman–Crippen MR) is 75.9 cm³/mol. The van der Waals surface area contributed by atoms with E-state index < -0.39 is 0 Å². The van der Waals surface area contributed by atoms with Crippen LogP contribution in [0.15, 0.2) is 0 Å². The molecule has 1 heterocycles. The van der Waals surface area contributed by atoms with E-state index in [1.165, 1.54) is 36.3 Å². The molecule has 0 fully saturated rings. The lowest BCUT2D eigenvalue weighted by atomic mass is 9.70. The SMILES string of the molecule is CCNc1nc2c(s1)CC(C(C)(C)CC)CC2. The minimum absolute atomic E-state index is 0.472. The van der Waals surface area contributed by atoms with E-state index in [1.54, 1.807) is 0 Å². The summed E-state index contributed by atoms with van der Waals surface area (Å²) in [5, 5.41) is 4.46. The van der Waals surface area contributed by atoms with Gasteiger partial charge in [0.25, 0.3) is 0 Å². The van der Waals surface area contributed by atoms with Crippen molar-refractivity contribution in [3.05, 3.63) is 10.6 Å². The molecule has 3 heteroatoms. The minimum Gasteiger partial charge on any atom is -0.362 e. The Balaban J connectivity index is 2.13. The lowest BCUT2D eigenvalue weighted by Gasteiger charge is -2.35. The molecule has 1 aromatic heterocycles. The van der Waals surface area contributed by atoms with E-state index >= 15 is 0 Å². The zero-order chi connectivity index (χ0) is 12.5. The van der Waals surface area contributed by atoms with Crippen molar-refractivity contribution in [2.75, 3.05) is 11.9 Å². The first kappa shape index (κ1) is 12.9. The summed E-state index contributed by atoms with van der Waals surface area (Å²) in [7, 11) is 0. The molecule has 1 aliphatic rings. The highest BCUT2D eigenvalue weighted by Gasteiger charge is 2.32. The van der Waals surface area contributed by atoms with E-state index in [0.29, 0.717) is 5.41 Å². The first-order valence-electron chi connectivity index (χ1n) is 6.79. The molecule has 1 unspecified atom stereocenters. The average molecular weight is 252 g/mol. The van der Waals surface area contributed by atoms with Crippen LogP contribution in [0.3, 0.4) is 0 Å². The van der Waals surface area contributed by atoms with Gasteiger partial charge in [0.2, 0.25) is 0 Å². The largest absolute Gasteiger partial charge is 0.362 e. The van der Waals surface area contributed by atoms with Crippen molar-refractivity contribution in [2.45, 2.75) is 53.4 Å². The van der Waals surface area contributed by atoms with Gasteiger partial charge in [-0.2, -0.15) is 0 Å². The molecule has 0 amide bonds. The van der Waals surface area contributed by atoms with E-state index in [1.807, 2.05) is 11.3 Å². The quantitative estimate of drug-likeness (QED) is 0.872. The number of hydrogen-bond acceptors (Lipinski definition) is 3. The number of rotatable bonds is 4. The summed E-state index contributed by atoms with van der Waals surface area (Å²) in [6, 6.07) is 0. The van der Waals surface area contributed by atoms with Gasteiger partial charge in [-0.15, -0.1) is 11.3 Å². The van der Waals surface area contributed by atoms with Crippen LogP contribution in [-0.4, -0.2) is 11.5 Å². The molecular formula is C14H24N2S. The Hall–Kier alpha value is -0.570. The van der Waals surface area contributed by atoms with E-state index in [0.717, 1.165) is 17.6 Å². The van der Waals surface area contributed by atoms with Crippen molar-refractivity contribution in [1.82, 2.24) is 4.98 Å². The number of fused-ring (bicyclic) bond motifs is 1. The Labute approximate surface area is 109 Å². The molecule has 0 bridgehead atoms. The van der Waals surface area contributed by atoms with Crippen LogP contribution >= 0.6 is 11.3 Å². The van der Waals surface area contributed by atoms with Gasteiger partial charge in [0, 0.05) is 11.4 Å². The first-order chi connectivity index (χ1) is 8.06. The summed E-state index contributed by atoms with van der Waals surface area (Å²) in [5.41, 5.74) is 1.83. The summed E-state index contributed by atoms with van der Waals surface area (Å²) >= 11 is 1.87. The van der Waals surface area contributed by atoms with Gasteiger partial charge in [-0.1, -0.05) is 27.2 Å². The van der Waals surface area contributed by atoms with Crippen molar-refractivity contribution in [3.8, 4) is 0 Å². The molecule has 1 atom stereocenters. The fourth-order valence-corrected chi connectivity index (χ4v) is 3.71. The molecule has 1 aromatic rings. The number of aryl methyl sites for hydroxylation is 1. The molecule has 0 aromatic carbocycles.